The van der Waals surface area contributed by atoms with E-state index in [1.54, 1.807) is 31.0 Å². The Hall–Kier alpha value is -3.38. The molecule has 0 radical (unpaired) electrons. The Kier molecular flexibility index (Phi) is 5.89. The Labute approximate surface area is 190 Å². The topological polar surface area (TPSA) is 127 Å². The van der Waals surface area contributed by atoms with Gasteiger partial charge in [0.15, 0.2) is 17.1 Å². The first kappa shape index (κ1) is 22.8. The summed E-state index contributed by atoms with van der Waals surface area (Å²) in [4.78, 5) is 31.6. The molecule has 1 saturated heterocycles. The number of pyridine rings is 1. The largest absolute Gasteiger partial charge is 0.493 e. The second-order valence-electron chi connectivity index (χ2n) is 7.72. The molecule has 1 aliphatic rings. The van der Waals surface area contributed by atoms with Crippen molar-refractivity contribution in [2.45, 2.75) is 11.8 Å². The molecule has 2 aromatic heterocycles. The van der Waals surface area contributed by atoms with Crippen LogP contribution in [0.15, 0.2) is 34.0 Å². The minimum absolute atomic E-state index is 0.0854. The van der Waals surface area contributed by atoms with Gasteiger partial charge in [-0.2, -0.15) is 4.31 Å². The van der Waals surface area contributed by atoms with Gasteiger partial charge < -0.3 is 14.4 Å². The van der Waals surface area contributed by atoms with Gasteiger partial charge in [-0.1, -0.05) is 0 Å². The van der Waals surface area contributed by atoms with Crippen molar-refractivity contribution in [2.24, 2.45) is 7.05 Å². The molecule has 12 heteroatoms. The van der Waals surface area contributed by atoms with E-state index in [4.69, 9.17) is 9.47 Å². The van der Waals surface area contributed by atoms with Crippen LogP contribution in [0, 0.1) is 6.92 Å². The Bertz CT molecular complexity index is 1390. The zero-order valence-electron chi connectivity index (χ0n) is 18.8. The number of carbonyl (C=O) groups is 1. The minimum Gasteiger partial charge on any atom is -0.493 e. The number of methoxy groups -OCH3 is 2. The number of hydrogen-bond acceptors (Lipinski definition) is 7. The van der Waals surface area contributed by atoms with Crippen LogP contribution in [0.3, 0.4) is 0 Å². The molecule has 0 spiro atoms. The Morgan fingerprint density at radius 2 is 1.73 bits per heavy atom. The molecule has 0 saturated carbocycles. The lowest BCUT2D eigenvalue weighted by Gasteiger charge is -2.34. The van der Waals surface area contributed by atoms with Gasteiger partial charge in [-0.05, 0) is 25.1 Å². The number of rotatable bonds is 5. The summed E-state index contributed by atoms with van der Waals surface area (Å²) >= 11 is 0. The average Bonchev–Trinajstić information content (AvgIpc) is 3.10. The number of nitrogens with zero attached hydrogens (tertiary/aromatic N) is 4. The van der Waals surface area contributed by atoms with Gasteiger partial charge in [0.1, 0.15) is 0 Å². The molecule has 176 valence electrons. The van der Waals surface area contributed by atoms with Crippen LogP contribution in [-0.2, 0) is 17.1 Å². The van der Waals surface area contributed by atoms with Crippen molar-refractivity contribution in [1.82, 2.24) is 24.0 Å². The van der Waals surface area contributed by atoms with Crippen molar-refractivity contribution >= 4 is 27.0 Å². The van der Waals surface area contributed by atoms with Crippen molar-refractivity contribution in [3.8, 4) is 11.5 Å². The summed E-state index contributed by atoms with van der Waals surface area (Å²) in [5, 5.41) is 2.85. The van der Waals surface area contributed by atoms with E-state index in [2.05, 4.69) is 10.1 Å². The lowest BCUT2D eigenvalue weighted by molar-refractivity contribution is 0.0699. The highest BCUT2D eigenvalue weighted by atomic mass is 32.2. The highest BCUT2D eigenvalue weighted by Gasteiger charge is 2.32. The quantitative estimate of drug-likeness (QED) is 0.576. The molecule has 1 N–H and O–H groups in total. The van der Waals surface area contributed by atoms with Crippen LogP contribution in [0.1, 0.15) is 16.1 Å². The number of aromatic nitrogens is 3. The predicted molar refractivity (Wildman–Crippen MR) is 120 cm³/mol. The molecule has 3 aromatic rings. The third-order valence-electron chi connectivity index (χ3n) is 5.69. The van der Waals surface area contributed by atoms with E-state index in [1.165, 1.54) is 35.3 Å². The molecule has 0 atom stereocenters. The number of benzene rings is 1. The number of aromatic amines is 1. The number of sulfonamides is 1. The zero-order chi connectivity index (χ0) is 23.9. The second kappa shape index (κ2) is 8.52. The van der Waals surface area contributed by atoms with Crippen LogP contribution in [-0.4, -0.2) is 78.7 Å². The number of H-pyrrole nitrogens is 1. The maximum atomic E-state index is 13.2. The molecular weight excluding hydrogens is 450 g/mol. The van der Waals surface area contributed by atoms with E-state index in [1.807, 2.05) is 0 Å². The molecule has 3 heterocycles. The summed E-state index contributed by atoms with van der Waals surface area (Å²) in [5.41, 5.74) is 0.877. The average molecular weight is 476 g/mol. The van der Waals surface area contributed by atoms with Crippen molar-refractivity contribution in [1.29, 1.82) is 0 Å². The highest BCUT2D eigenvalue weighted by Crippen LogP contribution is 2.31. The predicted octanol–water partition coefficient (Wildman–Crippen LogP) is 0.734. The number of aryl methyl sites for hydroxylation is 2. The third-order valence-corrected chi connectivity index (χ3v) is 7.59. The fourth-order valence-corrected chi connectivity index (χ4v) is 5.42. The third kappa shape index (κ3) is 3.95. The van der Waals surface area contributed by atoms with Crippen LogP contribution in [0.5, 0.6) is 11.5 Å². The first-order chi connectivity index (χ1) is 15.7. The van der Waals surface area contributed by atoms with Crippen molar-refractivity contribution < 1.29 is 22.7 Å². The van der Waals surface area contributed by atoms with E-state index < -0.39 is 15.6 Å². The van der Waals surface area contributed by atoms with E-state index in [0.717, 1.165) is 0 Å². The monoisotopic (exact) mass is 475 g/mol. The standard InChI is InChI=1S/C21H25N5O6S/c1-13-11-15(18-19(22-13)24(2)23-20(18)27)21(28)25-7-9-26(10-8-25)33(29,30)14-5-6-16(31-3)17(12-14)32-4/h5-6,11-12H,7-10H2,1-4H3,(H,23,27). The molecule has 33 heavy (non-hydrogen) atoms. The van der Waals surface area contributed by atoms with Crippen LogP contribution in [0.2, 0.25) is 0 Å². The van der Waals surface area contributed by atoms with Gasteiger partial charge in [-0.25, -0.2) is 13.4 Å². The first-order valence-electron chi connectivity index (χ1n) is 10.2. The number of carbonyl (C=O) groups excluding carboxylic acids is 1. The van der Waals surface area contributed by atoms with Gasteiger partial charge in [0.05, 0.1) is 30.1 Å². The molecular formula is C21H25N5O6S. The molecule has 1 aromatic carbocycles. The van der Waals surface area contributed by atoms with Gasteiger partial charge >= 0.3 is 0 Å². The summed E-state index contributed by atoms with van der Waals surface area (Å²) < 4.78 is 39.5. The highest BCUT2D eigenvalue weighted by molar-refractivity contribution is 7.89. The Morgan fingerprint density at radius 3 is 2.36 bits per heavy atom. The zero-order valence-corrected chi connectivity index (χ0v) is 19.6. The van der Waals surface area contributed by atoms with Crippen molar-refractivity contribution in [3.63, 3.8) is 0 Å². The van der Waals surface area contributed by atoms with Crippen LogP contribution in [0.4, 0.5) is 0 Å². The first-order valence-corrected chi connectivity index (χ1v) is 11.7. The number of amides is 1. The number of nitrogens with one attached hydrogen (secondary N) is 1. The van der Waals surface area contributed by atoms with Gasteiger partial charge in [0.25, 0.3) is 11.5 Å². The summed E-state index contributed by atoms with van der Waals surface area (Å²) in [7, 11) is 0.783. The fourth-order valence-electron chi connectivity index (χ4n) is 3.98. The SMILES string of the molecule is COc1ccc(S(=O)(=O)N2CCN(C(=O)c3cc(C)nc4c3c(=O)[nH]n4C)CC2)cc1OC. The van der Waals surface area contributed by atoms with Crippen molar-refractivity contribution in [3.05, 3.63) is 45.9 Å². The van der Waals surface area contributed by atoms with Gasteiger partial charge in [-0.15, -0.1) is 0 Å². The Morgan fingerprint density at radius 1 is 1.06 bits per heavy atom. The molecule has 1 aliphatic heterocycles. The fraction of sp³-hybridized carbons (Fsp3) is 0.381. The molecule has 0 unspecified atom stereocenters. The molecule has 1 amide bonds. The van der Waals surface area contributed by atoms with Gasteiger partial charge in [-0.3, -0.25) is 19.4 Å². The molecule has 0 aliphatic carbocycles. The van der Waals surface area contributed by atoms with Crippen LogP contribution < -0.4 is 15.0 Å². The van der Waals surface area contributed by atoms with Crippen LogP contribution >= 0.6 is 0 Å². The smallest absolute Gasteiger partial charge is 0.274 e. The maximum Gasteiger partial charge on any atom is 0.274 e. The summed E-state index contributed by atoms with van der Waals surface area (Å²) in [6.45, 7) is 2.39. The number of hydrogen-bond donors (Lipinski definition) is 1. The Balaban J connectivity index is 1.56. The van der Waals surface area contributed by atoms with Gasteiger partial charge in [0, 0.05) is 45.0 Å². The maximum absolute atomic E-state index is 13.2. The lowest BCUT2D eigenvalue weighted by atomic mass is 10.1. The summed E-state index contributed by atoms with van der Waals surface area (Å²) in [6, 6.07) is 6.02. The second-order valence-corrected chi connectivity index (χ2v) is 9.66. The molecule has 1 fully saturated rings. The summed E-state index contributed by atoms with van der Waals surface area (Å²) in [6.07, 6.45) is 0. The van der Waals surface area contributed by atoms with Gasteiger partial charge in [0.2, 0.25) is 10.0 Å². The number of fused-ring (bicyclic) bond motifs is 1. The summed E-state index contributed by atoms with van der Waals surface area (Å²) in [5.74, 6) is 0.421. The van der Waals surface area contributed by atoms with Crippen LogP contribution in [0.25, 0.3) is 11.0 Å². The van der Waals surface area contributed by atoms with E-state index in [-0.39, 0.29) is 47.9 Å². The molecule has 4 rings (SSSR count). The lowest BCUT2D eigenvalue weighted by Crippen LogP contribution is -2.50. The minimum atomic E-state index is -3.79. The molecule has 0 bridgehead atoms. The van der Waals surface area contributed by atoms with Crippen molar-refractivity contribution in [2.75, 3.05) is 40.4 Å². The normalized spacial score (nSPS) is 15.1. The number of piperazine rings is 1. The van der Waals surface area contributed by atoms with E-state index in [0.29, 0.717) is 22.8 Å². The van der Waals surface area contributed by atoms with E-state index >= 15 is 0 Å². The number of ether oxygens (including phenoxy) is 2. The molecule has 11 nitrogen and oxygen atoms in total. The van der Waals surface area contributed by atoms with E-state index in [9.17, 15) is 18.0 Å².